The first kappa shape index (κ1) is 11.4. The topological polar surface area (TPSA) is 0 Å². The molecule has 1 aromatic rings. The fourth-order valence-electron chi connectivity index (χ4n) is 0.912. The first-order valence-corrected chi connectivity index (χ1v) is 4.35. The highest BCUT2D eigenvalue weighted by atomic mass is 19.4. The molecule has 0 radical (unpaired) electrons. The van der Waals surface area contributed by atoms with E-state index in [2.05, 4.69) is 5.92 Å². The van der Waals surface area contributed by atoms with E-state index in [1.165, 1.54) is 6.08 Å². The van der Waals surface area contributed by atoms with Crippen LogP contribution in [0.3, 0.4) is 0 Å². The number of hydrogen-bond acceptors (Lipinski definition) is 0. The molecule has 3 heteroatoms. The van der Waals surface area contributed by atoms with Crippen molar-refractivity contribution in [1.82, 2.24) is 0 Å². The summed E-state index contributed by atoms with van der Waals surface area (Å²) in [4.78, 5) is 0. The zero-order chi connectivity index (χ0) is 11.1. The van der Waals surface area contributed by atoms with Gasteiger partial charge in [-0.2, -0.15) is 13.2 Å². The van der Waals surface area contributed by atoms with E-state index in [0.29, 0.717) is 0 Å². The predicted molar refractivity (Wildman–Crippen MR) is 53.9 cm³/mol. The van der Waals surface area contributed by atoms with Crippen LogP contribution in [0.2, 0.25) is 0 Å². The molecule has 0 unspecified atom stereocenters. The van der Waals surface area contributed by atoms with Gasteiger partial charge in [0.15, 0.2) is 0 Å². The lowest BCUT2D eigenvalue weighted by molar-refractivity contribution is -0.123. The van der Waals surface area contributed by atoms with Gasteiger partial charge in [-0.15, -0.1) is 0 Å². The Hall–Kier alpha value is -1.69. The average Bonchev–Trinajstić information content (AvgIpc) is 2.17. The summed E-state index contributed by atoms with van der Waals surface area (Å²) in [6.07, 6.45) is -2.18. The van der Waals surface area contributed by atoms with Crippen molar-refractivity contribution in [2.24, 2.45) is 0 Å². The van der Waals surface area contributed by atoms with Gasteiger partial charge < -0.3 is 0 Å². The van der Waals surface area contributed by atoms with Crippen molar-refractivity contribution in [2.75, 3.05) is 0 Å². The van der Waals surface area contributed by atoms with Crippen molar-refractivity contribution in [3.63, 3.8) is 0 Å². The van der Waals surface area contributed by atoms with Gasteiger partial charge in [-0.3, -0.25) is 0 Å². The zero-order valence-corrected chi connectivity index (χ0v) is 7.88. The third kappa shape index (κ3) is 5.58. The number of benzene rings is 1. The molecule has 0 spiro atoms. The van der Waals surface area contributed by atoms with E-state index in [-0.39, 0.29) is 0 Å². The minimum atomic E-state index is -4.20. The van der Waals surface area contributed by atoms with E-state index in [9.17, 15) is 13.2 Å². The fraction of sp³-hybridized carbons (Fsp3) is 0.167. The fourth-order valence-corrected chi connectivity index (χ4v) is 0.912. The molecule has 15 heavy (non-hydrogen) atoms. The summed E-state index contributed by atoms with van der Waals surface area (Å²) in [6.45, 7) is 0. The molecule has 0 amide bonds. The average molecular weight is 210 g/mol. The number of rotatable bonds is 1. The minimum absolute atomic E-state index is 0.916. The van der Waals surface area contributed by atoms with Crippen LogP contribution in [0.4, 0.5) is 13.2 Å². The van der Waals surface area contributed by atoms with Gasteiger partial charge in [-0.25, -0.2) is 0 Å². The number of hydrogen-bond donors (Lipinski definition) is 0. The Balaban J connectivity index is 2.47. The largest absolute Gasteiger partial charge is 0.399 e. The molecule has 0 N–H and O–H groups in total. The van der Waals surface area contributed by atoms with Crippen molar-refractivity contribution < 1.29 is 13.2 Å². The highest BCUT2D eigenvalue weighted by molar-refractivity contribution is 5.52. The summed E-state index contributed by atoms with van der Waals surface area (Å²) in [5, 5.41) is 0. The van der Waals surface area contributed by atoms with Gasteiger partial charge in [-0.05, 0) is 17.7 Å². The highest BCUT2D eigenvalue weighted by Gasteiger charge is 2.24. The Kier molecular flexibility index (Phi) is 3.99. The van der Waals surface area contributed by atoms with Gasteiger partial charge in [0.05, 0.1) is 0 Å². The van der Waals surface area contributed by atoms with Gasteiger partial charge in [0.25, 0.3) is 0 Å². The lowest BCUT2D eigenvalue weighted by atomic mass is 10.2. The summed E-state index contributed by atoms with van der Waals surface area (Å²) in [5.74, 6) is 4.37. The van der Waals surface area contributed by atoms with E-state index in [0.717, 1.165) is 5.56 Å². The molecule has 1 rings (SSSR count). The Morgan fingerprint density at radius 2 is 1.80 bits per heavy atom. The third-order valence-corrected chi connectivity index (χ3v) is 1.55. The summed E-state index contributed by atoms with van der Waals surface area (Å²) in [5.41, 5.74) is 0.916. The smallest absolute Gasteiger partial charge is 0.170 e. The number of alkyl halides is 3. The van der Waals surface area contributed by atoms with Gasteiger partial charge >= 0.3 is 6.18 Å². The second-order valence-electron chi connectivity index (χ2n) is 2.86. The Bertz CT molecular complexity index is 377. The summed E-state index contributed by atoms with van der Waals surface area (Å²) in [6, 6.07) is 9.27. The third-order valence-electron chi connectivity index (χ3n) is 1.55. The van der Waals surface area contributed by atoms with Crippen molar-refractivity contribution in [2.45, 2.75) is 12.6 Å². The molecule has 0 heterocycles. The van der Waals surface area contributed by atoms with E-state index in [1.54, 1.807) is 6.08 Å². The second-order valence-corrected chi connectivity index (χ2v) is 2.86. The van der Waals surface area contributed by atoms with Crippen molar-refractivity contribution >= 4 is 6.08 Å². The standard InChI is InChI=1S/C12H9F3/c13-12(14,15)10-6-2-5-9-11-7-3-1-4-8-11/h1,3-5,7-9H,10H2/b9-5+. The van der Waals surface area contributed by atoms with Crippen LogP contribution in [0.25, 0.3) is 6.08 Å². The first-order valence-electron chi connectivity index (χ1n) is 4.35. The lowest BCUT2D eigenvalue weighted by Gasteiger charge is -1.96. The molecule has 78 valence electrons. The maximum absolute atomic E-state index is 11.7. The van der Waals surface area contributed by atoms with Crippen LogP contribution in [0.15, 0.2) is 36.4 Å². The van der Waals surface area contributed by atoms with Gasteiger partial charge in [0, 0.05) is 0 Å². The van der Waals surface area contributed by atoms with Gasteiger partial charge in [-0.1, -0.05) is 42.2 Å². The summed E-state index contributed by atoms with van der Waals surface area (Å²) < 4.78 is 35.0. The van der Waals surface area contributed by atoms with E-state index >= 15 is 0 Å². The van der Waals surface area contributed by atoms with Crippen LogP contribution in [0, 0.1) is 11.8 Å². The highest BCUT2D eigenvalue weighted by Crippen LogP contribution is 2.17. The molecule has 0 aliphatic rings. The molecule has 0 atom stereocenters. The van der Waals surface area contributed by atoms with Crippen LogP contribution in [-0.2, 0) is 0 Å². The molecule has 0 aliphatic heterocycles. The van der Waals surface area contributed by atoms with E-state index < -0.39 is 12.6 Å². The van der Waals surface area contributed by atoms with E-state index in [4.69, 9.17) is 0 Å². The van der Waals surface area contributed by atoms with Crippen molar-refractivity contribution in [3.8, 4) is 11.8 Å². The molecule has 0 saturated heterocycles. The molecule has 1 aromatic carbocycles. The molecule has 0 nitrogen and oxygen atoms in total. The number of halogens is 3. The normalized spacial score (nSPS) is 11.1. The minimum Gasteiger partial charge on any atom is -0.170 e. The summed E-state index contributed by atoms with van der Waals surface area (Å²) >= 11 is 0. The molecule has 0 aromatic heterocycles. The maximum Gasteiger partial charge on any atom is 0.399 e. The van der Waals surface area contributed by atoms with Gasteiger partial charge in [0.1, 0.15) is 6.42 Å². The first-order chi connectivity index (χ1) is 7.08. The maximum atomic E-state index is 11.7. The molecule has 0 fully saturated rings. The molecular formula is C12H9F3. The number of allylic oxidation sites excluding steroid dienone is 1. The Labute approximate surface area is 86.4 Å². The van der Waals surface area contributed by atoms with Crippen LogP contribution < -0.4 is 0 Å². The van der Waals surface area contributed by atoms with Crippen LogP contribution >= 0.6 is 0 Å². The lowest BCUT2D eigenvalue weighted by Crippen LogP contribution is -2.04. The Morgan fingerprint density at radius 1 is 1.13 bits per heavy atom. The quantitative estimate of drug-likeness (QED) is 0.620. The SMILES string of the molecule is FC(F)(F)CC#C/C=C/c1ccccc1. The molecule has 0 saturated carbocycles. The predicted octanol–water partition coefficient (Wildman–Crippen LogP) is 3.66. The molecule has 0 aliphatic carbocycles. The van der Waals surface area contributed by atoms with Crippen LogP contribution in [0.5, 0.6) is 0 Å². The summed E-state index contributed by atoms with van der Waals surface area (Å²) in [7, 11) is 0. The van der Waals surface area contributed by atoms with E-state index in [1.807, 2.05) is 36.3 Å². The monoisotopic (exact) mass is 210 g/mol. The Morgan fingerprint density at radius 3 is 2.40 bits per heavy atom. The van der Waals surface area contributed by atoms with Crippen molar-refractivity contribution in [3.05, 3.63) is 42.0 Å². The zero-order valence-electron chi connectivity index (χ0n) is 7.88. The van der Waals surface area contributed by atoms with Crippen LogP contribution in [0.1, 0.15) is 12.0 Å². The molecule has 0 bridgehead atoms. The van der Waals surface area contributed by atoms with Crippen LogP contribution in [-0.4, -0.2) is 6.18 Å². The molecular weight excluding hydrogens is 201 g/mol. The van der Waals surface area contributed by atoms with Crippen molar-refractivity contribution in [1.29, 1.82) is 0 Å². The van der Waals surface area contributed by atoms with Gasteiger partial charge in [0.2, 0.25) is 0 Å². The second kappa shape index (κ2) is 5.26.